The van der Waals surface area contributed by atoms with E-state index in [1.165, 1.54) is 12.8 Å². The molecule has 1 aromatic rings. The molecule has 0 unspecified atom stereocenters. The molecule has 1 aliphatic carbocycles. The van der Waals surface area contributed by atoms with Crippen molar-refractivity contribution in [3.63, 3.8) is 0 Å². The summed E-state index contributed by atoms with van der Waals surface area (Å²) in [5, 5.41) is 5.34. The average molecular weight is 261 g/mol. The van der Waals surface area contributed by atoms with Gasteiger partial charge in [-0.1, -0.05) is 12.8 Å². The third-order valence-corrected chi connectivity index (χ3v) is 3.39. The maximum atomic E-state index is 11.8. The summed E-state index contributed by atoms with van der Waals surface area (Å²) in [7, 11) is 0. The first-order valence-electron chi connectivity index (χ1n) is 6.60. The van der Waals surface area contributed by atoms with Gasteiger partial charge in [-0.25, -0.2) is 4.79 Å². The zero-order chi connectivity index (χ0) is 13.7. The minimum Gasteiger partial charge on any atom is -0.351 e. The molecule has 0 saturated heterocycles. The molecular formula is C14H19N3O2. The molecule has 0 aromatic heterocycles. The Bertz CT molecular complexity index is 450. The minimum atomic E-state index is -0.599. The molecule has 5 heteroatoms. The van der Waals surface area contributed by atoms with Gasteiger partial charge in [-0.05, 0) is 43.0 Å². The summed E-state index contributed by atoms with van der Waals surface area (Å²) in [6.07, 6.45) is 5.40. The van der Waals surface area contributed by atoms with E-state index in [0.29, 0.717) is 18.0 Å². The molecule has 0 radical (unpaired) electrons. The number of rotatable bonds is 4. The third kappa shape index (κ3) is 4.28. The molecule has 3 amide bonds. The van der Waals surface area contributed by atoms with Crippen molar-refractivity contribution in [3.8, 4) is 0 Å². The van der Waals surface area contributed by atoms with Crippen LogP contribution in [-0.4, -0.2) is 11.9 Å². The highest BCUT2D eigenvalue weighted by Crippen LogP contribution is 2.27. The summed E-state index contributed by atoms with van der Waals surface area (Å²) >= 11 is 0. The van der Waals surface area contributed by atoms with Gasteiger partial charge in [-0.2, -0.15) is 0 Å². The zero-order valence-corrected chi connectivity index (χ0v) is 10.8. The van der Waals surface area contributed by atoms with Gasteiger partial charge in [0.2, 0.25) is 5.91 Å². The molecule has 5 nitrogen and oxygen atoms in total. The van der Waals surface area contributed by atoms with E-state index < -0.39 is 6.03 Å². The molecule has 0 bridgehead atoms. The first-order chi connectivity index (χ1) is 9.13. The van der Waals surface area contributed by atoms with E-state index in [4.69, 9.17) is 5.73 Å². The van der Waals surface area contributed by atoms with Crippen LogP contribution in [0.1, 0.15) is 32.1 Å². The minimum absolute atomic E-state index is 0.0579. The summed E-state index contributed by atoms with van der Waals surface area (Å²) in [5.41, 5.74) is 6.36. The highest BCUT2D eigenvalue weighted by molar-refractivity contribution is 5.92. The predicted octanol–water partition coefficient (Wildman–Crippen LogP) is 2.70. The highest BCUT2D eigenvalue weighted by Gasteiger charge is 2.18. The summed E-state index contributed by atoms with van der Waals surface area (Å²) in [5.74, 6) is 0.596. The van der Waals surface area contributed by atoms with Gasteiger partial charge >= 0.3 is 6.03 Å². The van der Waals surface area contributed by atoms with Crippen LogP contribution in [0.3, 0.4) is 0 Å². The lowest BCUT2D eigenvalue weighted by Crippen LogP contribution is -2.19. The lowest BCUT2D eigenvalue weighted by Gasteiger charge is -2.10. The Labute approximate surface area is 112 Å². The molecule has 19 heavy (non-hydrogen) atoms. The van der Waals surface area contributed by atoms with Crippen LogP contribution in [0.2, 0.25) is 0 Å². The number of amides is 3. The number of hydrogen-bond acceptors (Lipinski definition) is 2. The predicted molar refractivity (Wildman–Crippen MR) is 74.9 cm³/mol. The van der Waals surface area contributed by atoms with E-state index in [0.717, 1.165) is 18.5 Å². The van der Waals surface area contributed by atoms with Crippen molar-refractivity contribution in [2.24, 2.45) is 11.7 Å². The molecule has 102 valence electrons. The second kappa shape index (κ2) is 6.22. The zero-order valence-electron chi connectivity index (χ0n) is 10.8. The summed E-state index contributed by atoms with van der Waals surface area (Å²) < 4.78 is 0. The number of primary amides is 1. The van der Waals surface area contributed by atoms with Crippen molar-refractivity contribution >= 4 is 23.3 Å². The Morgan fingerprint density at radius 3 is 2.11 bits per heavy atom. The Hall–Kier alpha value is -2.04. The number of nitrogens with two attached hydrogens (primary N) is 1. The standard InChI is InChI=1S/C14H19N3O2/c15-14(19)17-12-7-5-11(6-8-12)16-13(18)9-10-3-1-2-4-10/h5-8,10H,1-4,9H2,(H,16,18)(H3,15,17,19). The highest BCUT2D eigenvalue weighted by atomic mass is 16.2. The molecule has 0 atom stereocenters. The fraction of sp³-hybridized carbons (Fsp3) is 0.429. The molecular weight excluding hydrogens is 242 g/mol. The second-order valence-corrected chi connectivity index (χ2v) is 4.97. The largest absolute Gasteiger partial charge is 0.351 e. The number of benzene rings is 1. The fourth-order valence-electron chi connectivity index (χ4n) is 2.47. The van der Waals surface area contributed by atoms with E-state index in [2.05, 4.69) is 10.6 Å². The average Bonchev–Trinajstić information content (AvgIpc) is 2.83. The molecule has 2 rings (SSSR count). The van der Waals surface area contributed by atoms with Gasteiger partial charge in [0.05, 0.1) is 0 Å². The van der Waals surface area contributed by atoms with Gasteiger partial charge in [0.1, 0.15) is 0 Å². The first-order valence-corrected chi connectivity index (χ1v) is 6.60. The van der Waals surface area contributed by atoms with Gasteiger partial charge in [-0.3, -0.25) is 4.79 Å². The van der Waals surface area contributed by atoms with Crippen LogP contribution in [0.4, 0.5) is 16.2 Å². The number of carbonyl (C=O) groups is 2. The smallest absolute Gasteiger partial charge is 0.316 e. The molecule has 0 spiro atoms. The molecule has 4 N–H and O–H groups in total. The van der Waals surface area contributed by atoms with Crippen molar-refractivity contribution < 1.29 is 9.59 Å². The van der Waals surface area contributed by atoms with Crippen LogP contribution < -0.4 is 16.4 Å². The summed E-state index contributed by atoms with van der Waals surface area (Å²) in [6, 6.07) is 6.31. The SMILES string of the molecule is NC(=O)Nc1ccc(NC(=O)CC2CCCC2)cc1. The van der Waals surface area contributed by atoms with Crippen LogP contribution in [-0.2, 0) is 4.79 Å². The van der Waals surface area contributed by atoms with E-state index in [9.17, 15) is 9.59 Å². The van der Waals surface area contributed by atoms with Crippen LogP contribution in [0.25, 0.3) is 0 Å². The van der Waals surface area contributed by atoms with Crippen LogP contribution in [0, 0.1) is 5.92 Å². The van der Waals surface area contributed by atoms with E-state index >= 15 is 0 Å². The number of anilines is 2. The third-order valence-electron chi connectivity index (χ3n) is 3.39. The van der Waals surface area contributed by atoms with Crippen LogP contribution in [0.15, 0.2) is 24.3 Å². The van der Waals surface area contributed by atoms with Crippen LogP contribution in [0.5, 0.6) is 0 Å². The fourth-order valence-corrected chi connectivity index (χ4v) is 2.47. The van der Waals surface area contributed by atoms with Crippen molar-refractivity contribution in [2.75, 3.05) is 10.6 Å². The maximum absolute atomic E-state index is 11.8. The van der Waals surface area contributed by atoms with Gasteiger partial charge in [0.25, 0.3) is 0 Å². The Balaban J connectivity index is 1.84. The molecule has 0 aliphatic heterocycles. The van der Waals surface area contributed by atoms with Gasteiger partial charge in [0, 0.05) is 17.8 Å². The van der Waals surface area contributed by atoms with E-state index in [-0.39, 0.29) is 5.91 Å². The Morgan fingerprint density at radius 2 is 1.58 bits per heavy atom. The van der Waals surface area contributed by atoms with Gasteiger partial charge in [-0.15, -0.1) is 0 Å². The monoisotopic (exact) mass is 261 g/mol. The summed E-state index contributed by atoms with van der Waals surface area (Å²) in [4.78, 5) is 22.5. The van der Waals surface area contributed by atoms with E-state index in [1.807, 2.05) is 0 Å². The topological polar surface area (TPSA) is 84.2 Å². The van der Waals surface area contributed by atoms with Crippen LogP contribution >= 0.6 is 0 Å². The number of carbonyl (C=O) groups excluding carboxylic acids is 2. The Kier molecular flexibility index (Phi) is 4.39. The first kappa shape index (κ1) is 13.4. The number of urea groups is 1. The quantitative estimate of drug-likeness (QED) is 0.778. The molecule has 0 heterocycles. The number of nitrogens with one attached hydrogen (secondary N) is 2. The molecule has 1 aliphatic rings. The maximum Gasteiger partial charge on any atom is 0.316 e. The molecule has 1 aromatic carbocycles. The second-order valence-electron chi connectivity index (χ2n) is 4.97. The molecule has 1 saturated carbocycles. The summed E-state index contributed by atoms with van der Waals surface area (Å²) in [6.45, 7) is 0. The lowest BCUT2D eigenvalue weighted by molar-refractivity contribution is -0.117. The lowest BCUT2D eigenvalue weighted by atomic mass is 10.0. The number of hydrogen-bond donors (Lipinski definition) is 3. The van der Waals surface area contributed by atoms with E-state index in [1.54, 1.807) is 24.3 Å². The molecule has 1 fully saturated rings. The normalized spacial score (nSPS) is 15.2. The van der Waals surface area contributed by atoms with Gasteiger partial charge < -0.3 is 16.4 Å². The Morgan fingerprint density at radius 1 is 1.05 bits per heavy atom. The van der Waals surface area contributed by atoms with Crippen molar-refractivity contribution in [1.29, 1.82) is 0 Å². The van der Waals surface area contributed by atoms with Crippen molar-refractivity contribution in [1.82, 2.24) is 0 Å². The van der Waals surface area contributed by atoms with Crippen molar-refractivity contribution in [3.05, 3.63) is 24.3 Å². The van der Waals surface area contributed by atoms with Crippen molar-refractivity contribution in [2.45, 2.75) is 32.1 Å². The van der Waals surface area contributed by atoms with Gasteiger partial charge in [0.15, 0.2) is 0 Å².